The summed E-state index contributed by atoms with van der Waals surface area (Å²) in [7, 11) is 0. The van der Waals surface area contributed by atoms with Gasteiger partial charge in [-0.1, -0.05) is 0 Å². The molecule has 16 heavy (non-hydrogen) atoms. The van der Waals surface area contributed by atoms with Crippen molar-refractivity contribution in [2.45, 2.75) is 43.9 Å². The van der Waals surface area contributed by atoms with E-state index in [2.05, 4.69) is 15.2 Å². The van der Waals surface area contributed by atoms with Crippen LogP contribution in [-0.4, -0.2) is 15.2 Å². The average Bonchev–Trinajstić information content (AvgIpc) is 2.63. The fourth-order valence-electron chi connectivity index (χ4n) is 4.92. The number of hydrogen-bond acceptors (Lipinski definition) is 2. The highest BCUT2D eigenvalue weighted by molar-refractivity contribution is 5.15. The molecule has 0 saturated heterocycles. The van der Waals surface area contributed by atoms with Gasteiger partial charge in [0.1, 0.15) is 5.82 Å². The quantitative estimate of drug-likeness (QED) is 0.753. The standard InChI is InChI=1S/C12H17N3O/c16-11-13-10(14-15-11)12-4-7-1-8(5-12)3-9(2-7)6-12/h7-9H,1-6H2,(H2,13,14,15,16). The highest BCUT2D eigenvalue weighted by Crippen LogP contribution is 2.59. The smallest absolute Gasteiger partial charge is 0.292 e. The second kappa shape index (κ2) is 2.79. The van der Waals surface area contributed by atoms with Gasteiger partial charge in [-0.05, 0) is 56.3 Å². The SMILES string of the molecule is O=c1[nH]nc(C23CC4CC(CC(C4)C2)C3)[nH]1. The Hall–Kier alpha value is -1.06. The first-order chi connectivity index (χ1) is 7.73. The van der Waals surface area contributed by atoms with Gasteiger partial charge in [-0.25, -0.2) is 9.89 Å². The van der Waals surface area contributed by atoms with Crippen molar-refractivity contribution < 1.29 is 0 Å². The molecule has 1 heterocycles. The van der Waals surface area contributed by atoms with Gasteiger partial charge in [0, 0.05) is 5.41 Å². The van der Waals surface area contributed by atoms with Crippen LogP contribution in [-0.2, 0) is 5.41 Å². The lowest BCUT2D eigenvalue weighted by Gasteiger charge is -2.55. The Bertz CT molecular complexity index is 437. The Balaban J connectivity index is 1.79. The number of aromatic amines is 2. The van der Waals surface area contributed by atoms with Crippen LogP contribution in [0.2, 0.25) is 0 Å². The van der Waals surface area contributed by atoms with Gasteiger partial charge in [-0.2, -0.15) is 5.10 Å². The summed E-state index contributed by atoms with van der Waals surface area (Å²) in [6.45, 7) is 0. The van der Waals surface area contributed by atoms with Crippen molar-refractivity contribution in [2.75, 3.05) is 0 Å². The third kappa shape index (κ3) is 1.10. The van der Waals surface area contributed by atoms with E-state index < -0.39 is 0 Å². The zero-order valence-electron chi connectivity index (χ0n) is 9.33. The molecule has 0 aliphatic heterocycles. The maximum atomic E-state index is 11.2. The highest BCUT2D eigenvalue weighted by atomic mass is 16.1. The number of rotatable bonds is 1. The van der Waals surface area contributed by atoms with E-state index in [0.717, 1.165) is 23.6 Å². The van der Waals surface area contributed by atoms with Gasteiger partial charge >= 0.3 is 5.69 Å². The van der Waals surface area contributed by atoms with E-state index in [-0.39, 0.29) is 11.1 Å². The molecule has 0 amide bonds. The lowest BCUT2D eigenvalue weighted by molar-refractivity contribution is -0.00925. The van der Waals surface area contributed by atoms with Crippen LogP contribution in [0.5, 0.6) is 0 Å². The van der Waals surface area contributed by atoms with Crippen LogP contribution in [0.3, 0.4) is 0 Å². The van der Waals surface area contributed by atoms with Crippen LogP contribution in [0.15, 0.2) is 4.79 Å². The Morgan fingerprint density at radius 1 is 1.06 bits per heavy atom. The summed E-state index contributed by atoms with van der Waals surface area (Å²) in [5, 5.41) is 6.75. The predicted octanol–water partition coefficient (Wildman–Crippen LogP) is 1.57. The minimum absolute atomic E-state index is 0.147. The molecule has 86 valence electrons. The van der Waals surface area contributed by atoms with Crippen LogP contribution < -0.4 is 5.69 Å². The van der Waals surface area contributed by atoms with E-state index in [0.29, 0.717) is 0 Å². The van der Waals surface area contributed by atoms with Gasteiger partial charge in [0.2, 0.25) is 0 Å². The summed E-state index contributed by atoms with van der Waals surface area (Å²) in [4.78, 5) is 14.1. The number of H-pyrrole nitrogens is 2. The molecule has 4 bridgehead atoms. The molecule has 0 aromatic carbocycles. The van der Waals surface area contributed by atoms with E-state index in [4.69, 9.17) is 0 Å². The molecule has 2 N–H and O–H groups in total. The Morgan fingerprint density at radius 3 is 2.06 bits per heavy atom. The molecule has 0 atom stereocenters. The lowest BCUT2D eigenvalue weighted by atomic mass is 9.49. The topological polar surface area (TPSA) is 61.5 Å². The second-order valence-corrected chi connectivity index (χ2v) is 6.22. The van der Waals surface area contributed by atoms with Gasteiger partial charge < -0.3 is 0 Å². The maximum absolute atomic E-state index is 11.2. The fourth-order valence-corrected chi connectivity index (χ4v) is 4.92. The van der Waals surface area contributed by atoms with Crippen LogP contribution in [0.4, 0.5) is 0 Å². The van der Waals surface area contributed by atoms with Crippen molar-refractivity contribution in [3.05, 3.63) is 16.3 Å². The normalized spacial score (nSPS) is 45.1. The van der Waals surface area contributed by atoms with Crippen molar-refractivity contribution in [3.63, 3.8) is 0 Å². The molecule has 0 radical (unpaired) electrons. The molecule has 0 spiro atoms. The Kier molecular flexibility index (Phi) is 1.57. The third-order valence-electron chi connectivity index (χ3n) is 5.04. The number of aromatic nitrogens is 3. The lowest BCUT2D eigenvalue weighted by Crippen LogP contribution is -2.49. The largest absolute Gasteiger partial charge is 0.340 e. The monoisotopic (exact) mass is 219 g/mol. The first kappa shape index (κ1) is 9.02. The first-order valence-electron chi connectivity index (χ1n) is 6.39. The summed E-state index contributed by atoms with van der Waals surface area (Å²) >= 11 is 0. The molecule has 0 unspecified atom stereocenters. The van der Waals surface area contributed by atoms with Crippen LogP contribution >= 0.6 is 0 Å². The zero-order chi connectivity index (χ0) is 10.8. The minimum atomic E-state index is -0.147. The van der Waals surface area contributed by atoms with E-state index in [1.54, 1.807) is 0 Å². The molecule has 4 nitrogen and oxygen atoms in total. The van der Waals surface area contributed by atoms with E-state index >= 15 is 0 Å². The minimum Gasteiger partial charge on any atom is -0.292 e. The van der Waals surface area contributed by atoms with Crippen molar-refractivity contribution in [2.24, 2.45) is 17.8 Å². The molecule has 4 aliphatic rings. The molecular formula is C12H17N3O. The highest BCUT2D eigenvalue weighted by Gasteiger charge is 2.53. The average molecular weight is 219 g/mol. The van der Waals surface area contributed by atoms with Crippen LogP contribution in [0.1, 0.15) is 44.3 Å². The van der Waals surface area contributed by atoms with Crippen molar-refractivity contribution in [1.82, 2.24) is 15.2 Å². The van der Waals surface area contributed by atoms with Crippen molar-refractivity contribution in [3.8, 4) is 0 Å². The van der Waals surface area contributed by atoms with Crippen LogP contribution in [0.25, 0.3) is 0 Å². The Morgan fingerprint density at radius 2 is 1.62 bits per heavy atom. The summed E-state index contributed by atoms with van der Waals surface area (Å²) in [6, 6.07) is 0. The van der Waals surface area contributed by atoms with E-state index in [9.17, 15) is 4.79 Å². The van der Waals surface area contributed by atoms with Crippen LogP contribution in [0, 0.1) is 17.8 Å². The molecule has 4 fully saturated rings. The first-order valence-corrected chi connectivity index (χ1v) is 6.39. The van der Waals surface area contributed by atoms with Gasteiger partial charge in [-0.15, -0.1) is 0 Å². The number of hydrogen-bond donors (Lipinski definition) is 2. The van der Waals surface area contributed by atoms with Gasteiger partial charge in [-0.3, -0.25) is 4.98 Å². The zero-order valence-corrected chi connectivity index (χ0v) is 9.33. The van der Waals surface area contributed by atoms with Gasteiger partial charge in [0.05, 0.1) is 0 Å². The van der Waals surface area contributed by atoms with Gasteiger partial charge in [0.25, 0.3) is 0 Å². The maximum Gasteiger partial charge on any atom is 0.340 e. The number of nitrogens with zero attached hydrogens (tertiary/aromatic N) is 1. The molecule has 1 aromatic heterocycles. The fraction of sp³-hybridized carbons (Fsp3) is 0.833. The molecule has 1 aromatic rings. The molecule has 4 saturated carbocycles. The summed E-state index contributed by atoms with van der Waals surface area (Å²) in [5.41, 5.74) is 0.0687. The number of nitrogens with one attached hydrogen (secondary N) is 2. The summed E-state index contributed by atoms with van der Waals surface area (Å²) < 4.78 is 0. The molecular weight excluding hydrogens is 202 g/mol. The third-order valence-corrected chi connectivity index (χ3v) is 5.04. The second-order valence-electron chi connectivity index (χ2n) is 6.22. The van der Waals surface area contributed by atoms with E-state index in [1.165, 1.54) is 38.5 Å². The molecule has 5 rings (SSSR count). The van der Waals surface area contributed by atoms with Crippen molar-refractivity contribution >= 4 is 0 Å². The summed E-state index contributed by atoms with van der Waals surface area (Å²) in [5.74, 6) is 3.63. The van der Waals surface area contributed by atoms with Crippen molar-refractivity contribution in [1.29, 1.82) is 0 Å². The van der Waals surface area contributed by atoms with E-state index in [1.807, 2.05) is 0 Å². The predicted molar refractivity (Wildman–Crippen MR) is 59.1 cm³/mol. The van der Waals surface area contributed by atoms with Gasteiger partial charge in [0.15, 0.2) is 0 Å². The Labute approximate surface area is 93.8 Å². The summed E-state index contributed by atoms with van der Waals surface area (Å²) in [6.07, 6.45) is 8.02. The molecule has 4 heteroatoms. The molecule has 4 aliphatic carbocycles.